The summed E-state index contributed by atoms with van der Waals surface area (Å²) in [7, 11) is 0. The minimum absolute atomic E-state index is 0.130. The molecular formula is C30H37BrN4O4. The molecule has 8 nitrogen and oxygen atoms in total. The van der Waals surface area contributed by atoms with Gasteiger partial charge in [-0.05, 0) is 62.8 Å². The molecule has 0 aromatic heterocycles. The lowest BCUT2D eigenvalue weighted by atomic mass is 9.85. The van der Waals surface area contributed by atoms with Gasteiger partial charge in [0.05, 0.1) is 6.54 Å². The number of rotatable bonds is 5. The van der Waals surface area contributed by atoms with E-state index in [2.05, 4.69) is 38.3 Å². The number of piperidine rings is 1. The van der Waals surface area contributed by atoms with Crippen molar-refractivity contribution in [1.29, 1.82) is 0 Å². The highest BCUT2D eigenvalue weighted by Gasteiger charge is 2.52. The first kappa shape index (κ1) is 27.6. The van der Waals surface area contributed by atoms with Crippen LogP contribution in [0.15, 0.2) is 59.1 Å². The zero-order chi connectivity index (χ0) is 27.8. The summed E-state index contributed by atoms with van der Waals surface area (Å²) in [4.78, 5) is 44.7. The third-order valence-corrected chi connectivity index (χ3v) is 8.55. The number of ether oxygens (including phenoxy) is 1. The lowest BCUT2D eigenvalue weighted by Crippen LogP contribution is -2.55. The van der Waals surface area contributed by atoms with Crippen molar-refractivity contribution in [3.63, 3.8) is 0 Å². The van der Waals surface area contributed by atoms with Crippen molar-refractivity contribution in [2.75, 3.05) is 32.7 Å². The zero-order valence-electron chi connectivity index (χ0n) is 22.9. The van der Waals surface area contributed by atoms with E-state index < -0.39 is 11.1 Å². The first-order chi connectivity index (χ1) is 18.5. The van der Waals surface area contributed by atoms with E-state index in [-0.39, 0.29) is 36.4 Å². The number of nitrogens with one attached hydrogen (secondary N) is 1. The van der Waals surface area contributed by atoms with E-state index in [1.807, 2.05) is 68.1 Å². The topological polar surface area (TPSA) is 82.2 Å². The van der Waals surface area contributed by atoms with Crippen LogP contribution in [-0.4, -0.2) is 76.6 Å². The van der Waals surface area contributed by atoms with E-state index in [9.17, 15) is 14.4 Å². The zero-order valence-corrected chi connectivity index (χ0v) is 24.4. The number of nitrogens with zero attached hydrogens (tertiary/aromatic N) is 3. The highest BCUT2D eigenvalue weighted by molar-refractivity contribution is 9.10. The molecule has 2 aromatic rings. The molecule has 3 aliphatic heterocycles. The fourth-order valence-corrected chi connectivity index (χ4v) is 6.25. The monoisotopic (exact) mass is 596 g/mol. The summed E-state index contributed by atoms with van der Waals surface area (Å²) >= 11 is 3.42. The van der Waals surface area contributed by atoms with Crippen LogP contribution in [0.4, 0.5) is 9.59 Å². The molecule has 39 heavy (non-hydrogen) atoms. The molecule has 1 N–H and O–H groups in total. The van der Waals surface area contributed by atoms with E-state index >= 15 is 0 Å². The lowest BCUT2D eigenvalue weighted by Gasteiger charge is -2.38. The number of benzene rings is 2. The Morgan fingerprint density at radius 3 is 2.33 bits per heavy atom. The molecule has 5 rings (SSSR count). The maximum absolute atomic E-state index is 13.4. The number of hydrogen-bond acceptors (Lipinski definition) is 5. The molecule has 2 atom stereocenters. The van der Waals surface area contributed by atoms with Gasteiger partial charge in [-0.15, -0.1) is 0 Å². The number of amides is 4. The quantitative estimate of drug-likeness (QED) is 0.492. The van der Waals surface area contributed by atoms with E-state index in [0.717, 1.165) is 16.6 Å². The second kappa shape index (κ2) is 10.9. The fraction of sp³-hybridized carbons (Fsp3) is 0.500. The second-order valence-corrected chi connectivity index (χ2v) is 12.9. The van der Waals surface area contributed by atoms with Gasteiger partial charge in [0.15, 0.2) is 0 Å². The minimum atomic E-state index is -0.833. The Labute approximate surface area is 238 Å². The van der Waals surface area contributed by atoms with Crippen LogP contribution in [0.2, 0.25) is 0 Å². The number of carbonyl (C=O) groups excluding carboxylic acids is 3. The maximum atomic E-state index is 13.4. The van der Waals surface area contributed by atoms with Crippen molar-refractivity contribution in [3.8, 4) is 0 Å². The predicted octanol–water partition coefficient (Wildman–Crippen LogP) is 4.99. The number of urea groups is 1. The Hall–Kier alpha value is -2.91. The summed E-state index contributed by atoms with van der Waals surface area (Å²) in [6.45, 7) is 9.43. The number of likely N-dealkylation sites (tertiary alicyclic amines) is 2. The SMILES string of the molecule is CC(C)(C)OC(=O)N1C[C@H](CN2CCC3(CC2)NC(=O)N(Cc2ccc(Br)cc2)C3=O)[C@@H](c2ccccc2)C1. The highest BCUT2D eigenvalue weighted by Crippen LogP contribution is 2.36. The summed E-state index contributed by atoms with van der Waals surface area (Å²) in [5.74, 6) is 0.328. The highest BCUT2D eigenvalue weighted by atomic mass is 79.9. The smallest absolute Gasteiger partial charge is 0.410 e. The van der Waals surface area contributed by atoms with Gasteiger partial charge in [-0.3, -0.25) is 9.69 Å². The molecule has 0 bridgehead atoms. The van der Waals surface area contributed by atoms with E-state index in [0.29, 0.717) is 39.0 Å². The molecule has 3 saturated heterocycles. The third-order valence-electron chi connectivity index (χ3n) is 8.02. The number of hydrogen-bond donors (Lipinski definition) is 1. The normalized spacial score (nSPS) is 23.4. The molecule has 0 aliphatic carbocycles. The van der Waals surface area contributed by atoms with E-state index in [4.69, 9.17) is 4.74 Å². The molecule has 3 aliphatic rings. The number of halogens is 1. The Morgan fingerprint density at radius 1 is 1.03 bits per heavy atom. The number of carbonyl (C=O) groups is 3. The lowest BCUT2D eigenvalue weighted by molar-refractivity contribution is -0.133. The van der Waals surface area contributed by atoms with Crippen LogP contribution >= 0.6 is 15.9 Å². The molecular weight excluding hydrogens is 560 g/mol. The molecule has 3 fully saturated rings. The van der Waals surface area contributed by atoms with Crippen molar-refractivity contribution >= 4 is 34.0 Å². The molecule has 1 spiro atoms. The van der Waals surface area contributed by atoms with Gasteiger partial charge in [0, 0.05) is 43.1 Å². The summed E-state index contributed by atoms with van der Waals surface area (Å²) < 4.78 is 6.63. The molecule has 9 heteroatoms. The van der Waals surface area contributed by atoms with Gasteiger partial charge in [-0.2, -0.15) is 0 Å². The van der Waals surface area contributed by atoms with Crippen molar-refractivity contribution in [2.45, 2.75) is 57.2 Å². The predicted molar refractivity (Wildman–Crippen MR) is 152 cm³/mol. The minimum Gasteiger partial charge on any atom is -0.444 e. The van der Waals surface area contributed by atoms with Gasteiger partial charge in [0.2, 0.25) is 0 Å². The third kappa shape index (κ3) is 6.14. The van der Waals surface area contributed by atoms with Gasteiger partial charge in [0.25, 0.3) is 5.91 Å². The van der Waals surface area contributed by atoms with E-state index in [1.54, 1.807) is 0 Å². The van der Waals surface area contributed by atoms with Crippen LogP contribution in [0.5, 0.6) is 0 Å². The standard InChI is InChI=1S/C30H37BrN4O4/c1-29(2,3)39-28(38)34-19-23(25(20-34)22-7-5-4-6-8-22)18-33-15-13-30(14-16-33)26(36)35(27(37)32-30)17-21-9-11-24(31)12-10-21/h4-12,23,25H,13-20H2,1-3H3,(H,32,37)/t23-,25+/m0/s1. The number of imide groups is 1. The molecule has 0 saturated carbocycles. The summed E-state index contributed by atoms with van der Waals surface area (Å²) in [5, 5.41) is 3.03. The fourth-order valence-electron chi connectivity index (χ4n) is 5.99. The summed E-state index contributed by atoms with van der Waals surface area (Å²) in [6, 6.07) is 17.7. The molecule has 0 radical (unpaired) electrons. The Morgan fingerprint density at radius 2 is 1.69 bits per heavy atom. The largest absolute Gasteiger partial charge is 0.444 e. The van der Waals surface area contributed by atoms with Gasteiger partial charge in [-0.25, -0.2) is 9.59 Å². The van der Waals surface area contributed by atoms with Crippen LogP contribution in [0.3, 0.4) is 0 Å². The second-order valence-electron chi connectivity index (χ2n) is 12.0. The molecule has 2 aromatic carbocycles. The molecule has 0 unspecified atom stereocenters. The molecule has 208 valence electrons. The van der Waals surface area contributed by atoms with Gasteiger partial charge < -0.3 is 19.9 Å². The van der Waals surface area contributed by atoms with Crippen LogP contribution in [0.1, 0.15) is 50.7 Å². The van der Waals surface area contributed by atoms with Gasteiger partial charge in [0.1, 0.15) is 11.1 Å². The van der Waals surface area contributed by atoms with Crippen LogP contribution in [-0.2, 0) is 16.1 Å². The molecule has 3 heterocycles. The first-order valence-corrected chi connectivity index (χ1v) is 14.5. The average Bonchev–Trinajstić information content (AvgIpc) is 3.41. The van der Waals surface area contributed by atoms with Gasteiger partial charge in [-0.1, -0.05) is 58.4 Å². The summed E-state index contributed by atoms with van der Waals surface area (Å²) in [5.41, 5.74) is 0.769. The Balaban J connectivity index is 1.23. The van der Waals surface area contributed by atoms with Crippen LogP contribution < -0.4 is 5.32 Å². The maximum Gasteiger partial charge on any atom is 0.410 e. The van der Waals surface area contributed by atoms with Crippen molar-refractivity contribution in [3.05, 3.63) is 70.2 Å². The van der Waals surface area contributed by atoms with Crippen molar-refractivity contribution < 1.29 is 19.1 Å². The van der Waals surface area contributed by atoms with Crippen LogP contribution in [0, 0.1) is 5.92 Å². The Bertz CT molecular complexity index is 1210. The summed E-state index contributed by atoms with van der Waals surface area (Å²) in [6.07, 6.45) is 0.883. The van der Waals surface area contributed by atoms with E-state index in [1.165, 1.54) is 10.5 Å². The average molecular weight is 598 g/mol. The van der Waals surface area contributed by atoms with Crippen molar-refractivity contribution in [2.24, 2.45) is 5.92 Å². The van der Waals surface area contributed by atoms with Crippen LogP contribution in [0.25, 0.3) is 0 Å². The Kier molecular flexibility index (Phi) is 7.75. The molecule has 4 amide bonds. The van der Waals surface area contributed by atoms with Gasteiger partial charge >= 0.3 is 12.1 Å². The first-order valence-electron chi connectivity index (χ1n) is 13.7. The van der Waals surface area contributed by atoms with Crippen molar-refractivity contribution in [1.82, 2.24) is 20.0 Å².